The zero-order valence-corrected chi connectivity index (χ0v) is 13.9. The molecule has 3 heterocycles. The van der Waals surface area contributed by atoms with Gasteiger partial charge >= 0.3 is 0 Å². The van der Waals surface area contributed by atoms with E-state index in [2.05, 4.69) is 15.0 Å². The lowest BCUT2D eigenvalue weighted by atomic mass is 9.99. The van der Waals surface area contributed by atoms with Crippen molar-refractivity contribution >= 4 is 16.8 Å². The Balaban J connectivity index is 1.72. The first-order chi connectivity index (χ1) is 12.1. The third-order valence-electron chi connectivity index (χ3n) is 4.09. The van der Waals surface area contributed by atoms with Gasteiger partial charge in [-0.3, -0.25) is 0 Å². The van der Waals surface area contributed by atoms with Crippen molar-refractivity contribution in [3.05, 3.63) is 60.4 Å². The van der Waals surface area contributed by atoms with E-state index in [1.807, 2.05) is 38.1 Å². The quantitative estimate of drug-likeness (QED) is 0.602. The molecule has 0 bridgehead atoms. The fraction of sp³-hybridized carbons (Fsp3) is 0.105. The Bertz CT molecular complexity index is 1050. The SMILES string of the molecule is Cc1cc(Oc2nccc3occc23)ccc1-c1c(C)ncnc1N. The first-order valence-corrected chi connectivity index (χ1v) is 7.81. The maximum Gasteiger partial charge on any atom is 0.230 e. The van der Waals surface area contributed by atoms with Crippen molar-refractivity contribution in [2.75, 3.05) is 5.73 Å². The van der Waals surface area contributed by atoms with Crippen LogP contribution in [0.5, 0.6) is 11.6 Å². The number of nitrogens with two attached hydrogens (primary N) is 1. The number of hydrogen-bond donors (Lipinski definition) is 1. The van der Waals surface area contributed by atoms with Crippen molar-refractivity contribution < 1.29 is 9.15 Å². The third kappa shape index (κ3) is 2.67. The second-order valence-electron chi connectivity index (χ2n) is 5.75. The van der Waals surface area contributed by atoms with E-state index in [9.17, 15) is 0 Å². The molecule has 6 heteroatoms. The van der Waals surface area contributed by atoms with Crippen LogP contribution in [-0.4, -0.2) is 15.0 Å². The molecule has 25 heavy (non-hydrogen) atoms. The topological polar surface area (TPSA) is 87.1 Å². The lowest BCUT2D eigenvalue weighted by Crippen LogP contribution is -2.00. The van der Waals surface area contributed by atoms with Gasteiger partial charge in [0.05, 0.1) is 17.3 Å². The van der Waals surface area contributed by atoms with Crippen molar-refractivity contribution in [3.63, 3.8) is 0 Å². The fourth-order valence-corrected chi connectivity index (χ4v) is 2.87. The number of benzene rings is 1. The Morgan fingerprint density at radius 3 is 2.72 bits per heavy atom. The van der Waals surface area contributed by atoms with Gasteiger partial charge in [-0.05, 0) is 49.2 Å². The highest BCUT2D eigenvalue weighted by molar-refractivity contribution is 5.82. The molecule has 4 rings (SSSR count). The molecular formula is C19H16N4O2. The number of nitrogen functional groups attached to an aromatic ring is 1. The average molecular weight is 332 g/mol. The number of nitrogens with zero attached hydrogens (tertiary/aromatic N) is 3. The number of furan rings is 1. The highest BCUT2D eigenvalue weighted by Crippen LogP contribution is 2.34. The van der Waals surface area contributed by atoms with Gasteiger partial charge in [-0.15, -0.1) is 0 Å². The zero-order chi connectivity index (χ0) is 17.4. The Kier molecular flexibility index (Phi) is 3.57. The Labute approximate surface area is 144 Å². The van der Waals surface area contributed by atoms with Gasteiger partial charge in [-0.25, -0.2) is 15.0 Å². The highest BCUT2D eigenvalue weighted by Gasteiger charge is 2.13. The van der Waals surface area contributed by atoms with Gasteiger partial charge in [0.1, 0.15) is 23.5 Å². The maximum atomic E-state index is 6.03. The molecule has 0 saturated heterocycles. The summed E-state index contributed by atoms with van der Waals surface area (Å²) in [6.07, 6.45) is 4.75. The van der Waals surface area contributed by atoms with E-state index in [0.717, 1.165) is 33.4 Å². The Hall–Kier alpha value is -3.41. The standard InChI is InChI=1S/C19H16N4O2/c1-11-9-13(25-19-15-6-8-24-16(15)5-7-21-19)3-4-14(11)17-12(2)22-10-23-18(17)20/h3-10H,1-2H3,(H2,20,22,23). The normalized spacial score (nSPS) is 11.0. The highest BCUT2D eigenvalue weighted by atomic mass is 16.5. The second-order valence-corrected chi connectivity index (χ2v) is 5.75. The monoisotopic (exact) mass is 332 g/mol. The molecule has 0 amide bonds. The maximum absolute atomic E-state index is 6.03. The molecule has 0 aliphatic heterocycles. The largest absolute Gasteiger partial charge is 0.464 e. The van der Waals surface area contributed by atoms with E-state index in [-0.39, 0.29) is 0 Å². The van der Waals surface area contributed by atoms with Gasteiger partial charge in [0.15, 0.2) is 0 Å². The molecule has 0 aliphatic carbocycles. The van der Waals surface area contributed by atoms with Crippen LogP contribution in [0.25, 0.3) is 22.1 Å². The second kappa shape index (κ2) is 5.90. The van der Waals surface area contributed by atoms with Crippen molar-refractivity contribution in [2.24, 2.45) is 0 Å². The summed E-state index contributed by atoms with van der Waals surface area (Å²) >= 11 is 0. The van der Waals surface area contributed by atoms with Gasteiger partial charge in [-0.1, -0.05) is 6.07 Å². The lowest BCUT2D eigenvalue weighted by molar-refractivity contribution is 0.468. The molecular weight excluding hydrogens is 316 g/mol. The van der Waals surface area contributed by atoms with E-state index >= 15 is 0 Å². The fourth-order valence-electron chi connectivity index (χ4n) is 2.87. The first kappa shape index (κ1) is 15.1. The summed E-state index contributed by atoms with van der Waals surface area (Å²) in [6, 6.07) is 9.43. The van der Waals surface area contributed by atoms with Crippen molar-refractivity contribution in [3.8, 4) is 22.8 Å². The summed E-state index contributed by atoms with van der Waals surface area (Å²) < 4.78 is 11.3. The Morgan fingerprint density at radius 2 is 1.92 bits per heavy atom. The number of anilines is 1. The smallest absolute Gasteiger partial charge is 0.230 e. The third-order valence-corrected chi connectivity index (χ3v) is 4.09. The summed E-state index contributed by atoms with van der Waals surface area (Å²) in [7, 11) is 0. The average Bonchev–Trinajstić information content (AvgIpc) is 3.06. The van der Waals surface area contributed by atoms with Crippen LogP contribution in [0.4, 0.5) is 5.82 Å². The summed E-state index contributed by atoms with van der Waals surface area (Å²) in [4.78, 5) is 12.6. The minimum Gasteiger partial charge on any atom is -0.464 e. The predicted molar refractivity (Wildman–Crippen MR) is 95.4 cm³/mol. The zero-order valence-electron chi connectivity index (χ0n) is 13.9. The van der Waals surface area contributed by atoms with Crippen molar-refractivity contribution in [1.29, 1.82) is 0 Å². The van der Waals surface area contributed by atoms with Gasteiger partial charge in [0, 0.05) is 11.8 Å². The number of ether oxygens (including phenoxy) is 1. The molecule has 0 unspecified atom stereocenters. The van der Waals surface area contributed by atoms with Crippen LogP contribution in [0, 0.1) is 13.8 Å². The van der Waals surface area contributed by atoms with Crippen molar-refractivity contribution in [1.82, 2.24) is 15.0 Å². The minimum atomic E-state index is 0.467. The van der Waals surface area contributed by atoms with Gasteiger partial charge in [-0.2, -0.15) is 0 Å². The van der Waals surface area contributed by atoms with Crippen LogP contribution in [0.15, 0.2) is 53.5 Å². The van der Waals surface area contributed by atoms with Crippen LogP contribution < -0.4 is 10.5 Å². The number of hydrogen-bond acceptors (Lipinski definition) is 6. The van der Waals surface area contributed by atoms with Crippen LogP contribution in [0.1, 0.15) is 11.3 Å². The molecule has 0 atom stereocenters. The van der Waals surface area contributed by atoms with E-state index in [0.29, 0.717) is 17.4 Å². The number of fused-ring (bicyclic) bond motifs is 1. The number of aromatic nitrogens is 3. The summed E-state index contributed by atoms with van der Waals surface area (Å²) in [5, 5.41) is 0.834. The minimum absolute atomic E-state index is 0.467. The Morgan fingerprint density at radius 1 is 1.04 bits per heavy atom. The van der Waals surface area contributed by atoms with E-state index in [1.54, 1.807) is 18.5 Å². The van der Waals surface area contributed by atoms with Crippen molar-refractivity contribution in [2.45, 2.75) is 13.8 Å². The van der Waals surface area contributed by atoms with Crippen LogP contribution in [0.2, 0.25) is 0 Å². The number of aryl methyl sites for hydroxylation is 2. The molecule has 0 radical (unpaired) electrons. The number of pyridine rings is 1. The molecule has 2 N–H and O–H groups in total. The molecule has 4 aromatic rings. The molecule has 1 aromatic carbocycles. The number of rotatable bonds is 3. The van der Waals surface area contributed by atoms with E-state index in [4.69, 9.17) is 14.9 Å². The van der Waals surface area contributed by atoms with Gasteiger partial charge in [0.25, 0.3) is 0 Å². The molecule has 124 valence electrons. The molecule has 0 spiro atoms. The summed E-state index contributed by atoms with van der Waals surface area (Å²) in [6.45, 7) is 3.92. The molecule has 6 nitrogen and oxygen atoms in total. The summed E-state index contributed by atoms with van der Waals surface area (Å²) in [5.41, 5.74) is 10.5. The van der Waals surface area contributed by atoms with Crippen LogP contribution in [-0.2, 0) is 0 Å². The molecule has 0 saturated carbocycles. The molecule has 0 fully saturated rings. The molecule has 0 aliphatic rings. The van der Waals surface area contributed by atoms with Crippen LogP contribution >= 0.6 is 0 Å². The van der Waals surface area contributed by atoms with Crippen LogP contribution in [0.3, 0.4) is 0 Å². The predicted octanol–water partition coefficient (Wildman–Crippen LogP) is 4.28. The summed E-state index contributed by atoms with van der Waals surface area (Å²) in [5.74, 6) is 1.67. The van der Waals surface area contributed by atoms with E-state index in [1.165, 1.54) is 6.33 Å². The first-order valence-electron chi connectivity index (χ1n) is 7.81. The molecule has 3 aromatic heterocycles. The van der Waals surface area contributed by atoms with Gasteiger partial charge < -0.3 is 14.9 Å². The van der Waals surface area contributed by atoms with E-state index < -0.39 is 0 Å². The lowest BCUT2D eigenvalue weighted by Gasteiger charge is -2.12. The van der Waals surface area contributed by atoms with Gasteiger partial charge in [0.2, 0.25) is 5.88 Å².